The summed E-state index contributed by atoms with van der Waals surface area (Å²) in [6.07, 6.45) is -1.67. The average Bonchev–Trinajstić information content (AvgIpc) is 2.92. The van der Waals surface area contributed by atoms with Crippen molar-refractivity contribution < 1.29 is 27.9 Å². The fraction of sp³-hybridized carbons (Fsp3) is 0.913. The van der Waals surface area contributed by atoms with Gasteiger partial charge in [-0.3, -0.25) is 9.59 Å². The molecule has 0 aliphatic heterocycles. The molecule has 6 heteroatoms. The van der Waals surface area contributed by atoms with E-state index >= 15 is 0 Å². The summed E-state index contributed by atoms with van der Waals surface area (Å²) in [5.74, 6) is -0.162. The number of hydrogen-bond acceptors (Lipinski definition) is 3. The zero-order chi connectivity index (χ0) is 21.6. The Morgan fingerprint density at radius 2 is 1.66 bits per heavy atom. The van der Waals surface area contributed by atoms with Crippen molar-refractivity contribution in [3.8, 4) is 0 Å². The van der Waals surface area contributed by atoms with Gasteiger partial charge in [-0.05, 0) is 80.0 Å². The first kappa shape index (κ1) is 21.3. The lowest BCUT2D eigenvalue weighted by atomic mass is 9.38. The van der Waals surface area contributed by atoms with E-state index in [4.69, 9.17) is 0 Å². The normalized spacial score (nSPS) is 52.5. The molecule has 0 amide bonds. The number of carbonyl (C=O) groups excluding carboxylic acids is 2. The second-order valence-corrected chi connectivity index (χ2v) is 11.4. The minimum atomic E-state index is -4.63. The molecule has 0 aromatic carbocycles. The van der Waals surface area contributed by atoms with Crippen molar-refractivity contribution in [1.82, 2.24) is 0 Å². The van der Waals surface area contributed by atoms with Gasteiger partial charge >= 0.3 is 6.18 Å². The highest BCUT2D eigenvalue weighted by atomic mass is 19.4. The number of rotatable bonds is 1. The predicted octanol–water partition coefficient (Wildman–Crippen LogP) is 5.10. The summed E-state index contributed by atoms with van der Waals surface area (Å²) >= 11 is 0. The Labute approximate surface area is 170 Å². The van der Waals surface area contributed by atoms with Crippen LogP contribution in [0.5, 0.6) is 0 Å². The molecule has 0 spiro atoms. The van der Waals surface area contributed by atoms with Gasteiger partial charge in [0.1, 0.15) is 11.6 Å². The highest BCUT2D eigenvalue weighted by molar-refractivity contribution is 5.87. The van der Waals surface area contributed by atoms with Crippen molar-refractivity contribution in [2.24, 2.45) is 39.9 Å². The highest BCUT2D eigenvalue weighted by Gasteiger charge is 2.70. The van der Waals surface area contributed by atoms with Crippen LogP contribution in [-0.2, 0) is 9.59 Å². The van der Waals surface area contributed by atoms with Crippen LogP contribution in [0.25, 0.3) is 0 Å². The molecule has 3 nitrogen and oxygen atoms in total. The van der Waals surface area contributed by atoms with E-state index in [2.05, 4.69) is 13.8 Å². The van der Waals surface area contributed by atoms with E-state index in [1.807, 2.05) is 6.92 Å². The lowest BCUT2D eigenvalue weighted by Crippen LogP contribution is -2.64. The van der Waals surface area contributed by atoms with Gasteiger partial charge in [-0.1, -0.05) is 20.8 Å². The Hall–Kier alpha value is -0.910. The molecule has 0 saturated heterocycles. The number of Topliss-reactive ketones (excluding diaryl/α,β-unsaturated/α-hetero) is 2. The first-order chi connectivity index (χ1) is 13.2. The summed E-state index contributed by atoms with van der Waals surface area (Å²) in [6.45, 7) is 7.86. The summed E-state index contributed by atoms with van der Waals surface area (Å²) in [4.78, 5) is 25.9. The van der Waals surface area contributed by atoms with Crippen molar-refractivity contribution in [1.29, 1.82) is 0 Å². The Kier molecular flexibility index (Phi) is 4.47. The smallest absolute Gasteiger partial charge is 0.380 e. The van der Waals surface area contributed by atoms with Crippen molar-refractivity contribution in [2.75, 3.05) is 0 Å². The molecule has 0 aromatic rings. The van der Waals surface area contributed by atoms with Gasteiger partial charge < -0.3 is 5.11 Å². The molecule has 0 bridgehead atoms. The molecule has 29 heavy (non-hydrogen) atoms. The first-order valence-electron chi connectivity index (χ1n) is 11.0. The standard InChI is InChI=1S/C23H33F3O3/c1-13(27)15-5-6-17-20(3)8-7-14-11-22(29,23(24,25)26)10-9-19(14,2)18(20)16(28)12-21(15,17)4/h14-15,17-18,29H,5-12H2,1-4H3/t14-,15-,17+,18-,19+,20+,21-,22+/m1/s1. The summed E-state index contributed by atoms with van der Waals surface area (Å²) in [7, 11) is 0. The molecule has 4 fully saturated rings. The highest BCUT2D eigenvalue weighted by Crippen LogP contribution is 2.72. The van der Waals surface area contributed by atoms with Crippen LogP contribution < -0.4 is 0 Å². The second-order valence-electron chi connectivity index (χ2n) is 11.4. The summed E-state index contributed by atoms with van der Waals surface area (Å²) in [5.41, 5.74) is -3.77. The van der Waals surface area contributed by atoms with E-state index in [-0.39, 0.29) is 65.3 Å². The van der Waals surface area contributed by atoms with Crippen LogP contribution in [0.1, 0.15) is 79.1 Å². The van der Waals surface area contributed by atoms with Crippen molar-refractivity contribution in [2.45, 2.75) is 90.8 Å². The van der Waals surface area contributed by atoms with Crippen LogP contribution in [0.15, 0.2) is 0 Å². The monoisotopic (exact) mass is 414 g/mol. The van der Waals surface area contributed by atoms with E-state index in [1.54, 1.807) is 6.92 Å². The Bertz CT molecular complexity index is 748. The fourth-order valence-electron chi connectivity index (χ4n) is 8.70. The summed E-state index contributed by atoms with van der Waals surface area (Å²) < 4.78 is 40.5. The maximum absolute atomic E-state index is 13.6. The second kappa shape index (κ2) is 6.08. The third kappa shape index (κ3) is 2.66. The van der Waals surface area contributed by atoms with Gasteiger partial charge in [0.2, 0.25) is 0 Å². The summed E-state index contributed by atoms with van der Waals surface area (Å²) in [6, 6.07) is 0. The zero-order valence-corrected chi connectivity index (χ0v) is 17.9. The maximum Gasteiger partial charge on any atom is 0.417 e. The molecule has 0 heterocycles. The molecule has 164 valence electrons. The van der Waals surface area contributed by atoms with E-state index < -0.39 is 17.2 Å². The quantitative estimate of drug-likeness (QED) is 0.650. The molecule has 4 saturated carbocycles. The fourth-order valence-corrected chi connectivity index (χ4v) is 8.70. The Morgan fingerprint density at radius 1 is 1.00 bits per heavy atom. The van der Waals surface area contributed by atoms with Crippen molar-refractivity contribution in [3.05, 3.63) is 0 Å². The van der Waals surface area contributed by atoms with Crippen LogP contribution >= 0.6 is 0 Å². The number of fused-ring (bicyclic) bond motifs is 5. The van der Waals surface area contributed by atoms with Crippen molar-refractivity contribution >= 4 is 11.6 Å². The zero-order valence-electron chi connectivity index (χ0n) is 17.9. The van der Waals surface area contributed by atoms with Crippen LogP contribution in [0.2, 0.25) is 0 Å². The van der Waals surface area contributed by atoms with Crippen molar-refractivity contribution in [3.63, 3.8) is 0 Å². The molecular weight excluding hydrogens is 381 g/mol. The molecule has 0 unspecified atom stereocenters. The number of aliphatic hydroxyl groups is 1. The lowest BCUT2D eigenvalue weighted by Gasteiger charge is -2.65. The number of hydrogen-bond donors (Lipinski definition) is 1. The third-order valence-electron chi connectivity index (χ3n) is 9.97. The van der Waals surface area contributed by atoms with Crippen LogP contribution in [0.3, 0.4) is 0 Å². The molecule has 4 aliphatic carbocycles. The topological polar surface area (TPSA) is 54.4 Å². The molecule has 4 rings (SSSR count). The molecule has 8 atom stereocenters. The first-order valence-corrected chi connectivity index (χ1v) is 11.0. The van der Waals surface area contributed by atoms with E-state index in [0.717, 1.165) is 12.8 Å². The van der Waals surface area contributed by atoms with Gasteiger partial charge in [0.15, 0.2) is 5.60 Å². The average molecular weight is 415 g/mol. The largest absolute Gasteiger partial charge is 0.417 e. The molecule has 0 radical (unpaired) electrons. The van der Waals surface area contributed by atoms with Gasteiger partial charge in [-0.2, -0.15) is 13.2 Å². The van der Waals surface area contributed by atoms with Gasteiger partial charge in [-0.25, -0.2) is 0 Å². The third-order valence-corrected chi connectivity index (χ3v) is 9.97. The van der Waals surface area contributed by atoms with Gasteiger partial charge in [0.25, 0.3) is 0 Å². The molecular formula is C23H33F3O3. The van der Waals surface area contributed by atoms with Crippen LogP contribution in [0, 0.1) is 39.9 Å². The number of carbonyl (C=O) groups is 2. The number of alkyl halides is 3. The molecule has 1 N–H and O–H groups in total. The van der Waals surface area contributed by atoms with Gasteiger partial charge in [0, 0.05) is 18.3 Å². The van der Waals surface area contributed by atoms with Crippen LogP contribution in [-0.4, -0.2) is 28.5 Å². The minimum absolute atomic E-state index is 0.0959. The van der Waals surface area contributed by atoms with E-state index in [0.29, 0.717) is 19.3 Å². The van der Waals surface area contributed by atoms with E-state index in [9.17, 15) is 27.9 Å². The van der Waals surface area contributed by atoms with Crippen LogP contribution in [0.4, 0.5) is 13.2 Å². The SMILES string of the molecule is CC(=O)[C@H]1CC[C@H]2[C@]3(C)CC[C@@H]4C[C@](O)(C(F)(F)F)CC[C@]4(C)[C@H]3C(=O)C[C@@]21C. The Balaban J connectivity index is 1.71. The number of ketones is 2. The lowest BCUT2D eigenvalue weighted by molar-refractivity contribution is -0.291. The molecule has 4 aliphatic rings. The van der Waals surface area contributed by atoms with Gasteiger partial charge in [-0.15, -0.1) is 0 Å². The van der Waals surface area contributed by atoms with Gasteiger partial charge in [0.05, 0.1) is 0 Å². The number of halogens is 3. The molecule has 0 aromatic heterocycles. The predicted molar refractivity (Wildman–Crippen MR) is 102 cm³/mol. The summed E-state index contributed by atoms with van der Waals surface area (Å²) in [5, 5.41) is 10.3. The minimum Gasteiger partial charge on any atom is -0.380 e. The maximum atomic E-state index is 13.6. The van der Waals surface area contributed by atoms with E-state index in [1.165, 1.54) is 0 Å². The Morgan fingerprint density at radius 3 is 2.24 bits per heavy atom.